The molecule has 0 spiro atoms. The number of aryl methyl sites for hydroxylation is 1. The van der Waals surface area contributed by atoms with E-state index in [2.05, 4.69) is 25.8 Å². The zero-order valence-corrected chi connectivity index (χ0v) is 28.4. The van der Waals surface area contributed by atoms with E-state index in [1.54, 1.807) is 19.2 Å². The van der Waals surface area contributed by atoms with Gasteiger partial charge in [0.15, 0.2) is 5.82 Å². The van der Waals surface area contributed by atoms with Crippen LogP contribution in [0.3, 0.4) is 0 Å². The van der Waals surface area contributed by atoms with Crippen LogP contribution in [0.5, 0.6) is 5.75 Å². The molecule has 1 aliphatic rings. The van der Waals surface area contributed by atoms with Crippen LogP contribution in [0.15, 0.2) is 71.9 Å². The third-order valence-corrected chi connectivity index (χ3v) is 10.2. The van der Waals surface area contributed by atoms with Gasteiger partial charge >= 0.3 is 0 Å². The zero-order valence-electron chi connectivity index (χ0n) is 26.6. The summed E-state index contributed by atoms with van der Waals surface area (Å²) in [6.45, 7) is 5.88. The van der Waals surface area contributed by atoms with Crippen molar-refractivity contribution in [2.45, 2.75) is 38.9 Å². The van der Waals surface area contributed by atoms with Gasteiger partial charge in [0.1, 0.15) is 17.6 Å². The fourth-order valence-electron chi connectivity index (χ4n) is 5.85. The number of benzene rings is 3. The van der Waals surface area contributed by atoms with Crippen molar-refractivity contribution in [2.24, 2.45) is 4.99 Å². The molecule has 2 amide bonds. The molecule has 0 fully saturated rings. The molecule has 2 aromatic heterocycles. The van der Waals surface area contributed by atoms with E-state index in [-0.39, 0.29) is 24.8 Å². The SMILES string of the molecule is COc1ccc2c(c1)C(c1ccc(Cl)cc1)=N[C@@H](CC(=O)NCC(=O)NCCc1ccc3c([Si](C)(C)O)c[nH]c3c1)c1nnc(C)n1-2. The maximum atomic E-state index is 13.2. The van der Waals surface area contributed by atoms with Crippen LogP contribution >= 0.6 is 11.6 Å². The second-order valence-electron chi connectivity index (χ2n) is 12.0. The van der Waals surface area contributed by atoms with Crippen molar-refractivity contribution in [2.75, 3.05) is 20.2 Å². The highest BCUT2D eigenvalue weighted by atomic mass is 35.5. The Balaban J connectivity index is 1.13. The van der Waals surface area contributed by atoms with E-state index in [1.165, 1.54) is 0 Å². The Morgan fingerprint density at radius 3 is 2.57 bits per heavy atom. The first kappa shape index (κ1) is 32.2. The predicted octanol–water partition coefficient (Wildman–Crippen LogP) is 3.88. The lowest BCUT2D eigenvalue weighted by Gasteiger charge is -2.14. The molecule has 0 bridgehead atoms. The third kappa shape index (κ3) is 6.85. The Bertz CT molecular complexity index is 2000. The number of nitrogens with zero attached hydrogens (tertiary/aromatic N) is 4. The van der Waals surface area contributed by atoms with Crippen LogP contribution in [-0.2, 0) is 16.0 Å². The summed E-state index contributed by atoms with van der Waals surface area (Å²) < 4.78 is 7.43. The Hall–Kier alpha value is -4.78. The molecule has 5 aromatic rings. The van der Waals surface area contributed by atoms with Gasteiger partial charge in [-0.05, 0) is 73.6 Å². The number of nitrogens with one attached hydrogen (secondary N) is 3. The number of H-pyrrole nitrogens is 1. The van der Waals surface area contributed by atoms with E-state index in [9.17, 15) is 14.4 Å². The van der Waals surface area contributed by atoms with Gasteiger partial charge in [-0.3, -0.25) is 19.1 Å². The number of rotatable bonds is 10. The van der Waals surface area contributed by atoms with Gasteiger partial charge in [-0.1, -0.05) is 35.9 Å². The lowest BCUT2D eigenvalue weighted by molar-refractivity contribution is -0.126. The molecule has 1 atom stereocenters. The summed E-state index contributed by atoms with van der Waals surface area (Å²) in [6.07, 6.45) is 2.46. The average Bonchev–Trinajstić information content (AvgIpc) is 3.62. The van der Waals surface area contributed by atoms with Crippen LogP contribution < -0.4 is 20.6 Å². The van der Waals surface area contributed by atoms with E-state index in [0.717, 1.165) is 38.5 Å². The molecule has 3 heterocycles. The summed E-state index contributed by atoms with van der Waals surface area (Å²) in [4.78, 5) is 44.7. The second-order valence-corrected chi connectivity index (χ2v) is 16.1. The molecular formula is C34H36ClN7O4Si. The number of hydrogen-bond donors (Lipinski definition) is 4. The predicted molar refractivity (Wildman–Crippen MR) is 184 cm³/mol. The number of ether oxygens (including phenoxy) is 1. The molecule has 4 N–H and O–H groups in total. The normalized spacial score (nSPS) is 14.2. The van der Waals surface area contributed by atoms with Gasteiger partial charge in [-0.2, -0.15) is 0 Å². The quantitative estimate of drug-likeness (QED) is 0.166. The number of aromatic amines is 1. The standard InChI is InChI=1S/C34H36ClN7O4Si/c1-20-40-41-34-28(39-33(22-6-8-23(35)9-7-22)26-16-24(46-2)10-12-29(26)42(20)34)17-31(43)38-19-32(44)36-14-13-21-5-11-25-27(15-21)37-18-30(25)47(3,4)45/h5-12,15-16,18,28,37,45H,13-14,17,19H2,1-4H3,(H,36,44)(H,38,43)/t28-/m0/s1. The van der Waals surface area contributed by atoms with Crippen molar-refractivity contribution in [3.05, 3.63) is 100 Å². The van der Waals surface area contributed by atoms with Gasteiger partial charge in [-0.25, -0.2) is 0 Å². The van der Waals surface area contributed by atoms with Crippen molar-refractivity contribution in [1.29, 1.82) is 0 Å². The minimum atomic E-state index is -2.44. The van der Waals surface area contributed by atoms with Gasteiger partial charge < -0.3 is 25.2 Å². The summed E-state index contributed by atoms with van der Waals surface area (Å²) in [5.41, 5.74) is 5.10. The smallest absolute Gasteiger partial charge is 0.239 e. The highest BCUT2D eigenvalue weighted by Gasteiger charge is 2.30. The molecule has 0 saturated carbocycles. The van der Waals surface area contributed by atoms with Crippen LogP contribution in [0, 0.1) is 6.92 Å². The zero-order chi connectivity index (χ0) is 33.3. The van der Waals surface area contributed by atoms with Gasteiger partial charge in [0, 0.05) is 39.8 Å². The minimum absolute atomic E-state index is 0.0424. The van der Waals surface area contributed by atoms with Crippen LogP contribution in [0.25, 0.3) is 16.6 Å². The molecule has 3 aromatic carbocycles. The summed E-state index contributed by atoms with van der Waals surface area (Å²) in [7, 11) is -0.836. The second kappa shape index (κ2) is 13.1. The molecule has 13 heteroatoms. The van der Waals surface area contributed by atoms with Crippen molar-refractivity contribution in [3.8, 4) is 11.4 Å². The molecule has 0 radical (unpaired) electrons. The Labute approximate surface area is 278 Å². The van der Waals surface area contributed by atoms with Crippen LogP contribution in [-0.4, -0.2) is 70.6 Å². The molecule has 47 heavy (non-hydrogen) atoms. The number of fused-ring (bicyclic) bond motifs is 4. The first-order valence-corrected chi connectivity index (χ1v) is 18.6. The molecular weight excluding hydrogens is 634 g/mol. The highest BCUT2D eigenvalue weighted by molar-refractivity contribution is 6.85. The van der Waals surface area contributed by atoms with Gasteiger partial charge in [0.2, 0.25) is 20.1 Å². The number of halogens is 1. The van der Waals surface area contributed by atoms with E-state index in [4.69, 9.17) is 21.3 Å². The van der Waals surface area contributed by atoms with E-state index < -0.39 is 14.4 Å². The molecule has 0 saturated heterocycles. The number of hydrogen-bond acceptors (Lipinski definition) is 7. The lowest BCUT2D eigenvalue weighted by atomic mass is 10.00. The summed E-state index contributed by atoms with van der Waals surface area (Å²) in [5.74, 6) is 1.20. The largest absolute Gasteiger partial charge is 0.497 e. The fourth-order valence-corrected chi connectivity index (χ4v) is 7.28. The Kier molecular flexibility index (Phi) is 9.00. The number of aromatic nitrogens is 4. The number of carbonyl (C=O) groups excluding carboxylic acids is 2. The molecule has 11 nitrogen and oxygen atoms in total. The first-order chi connectivity index (χ1) is 22.5. The molecule has 6 rings (SSSR count). The average molecular weight is 670 g/mol. The molecule has 0 unspecified atom stereocenters. The Morgan fingerprint density at radius 2 is 1.83 bits per heavy atom. The molecule has 242 valence electrons. The van der Waals surface area contributed by atoms with Crippen LogP contribution in [0.2, 0.25) is 18.1 Å². The number of methoxy groups -OCH3 is 1. The Morgan fingerprint density at radius 1 is 1.04 bits per heavy atom. The summed E-state index contributed by atoms with van der Waals surface area (Å²) in [6, 6.07) is 18.4. The number of aliphatic imine (C=N–C) groups is 1. The van der Waals surface area contributed by atoms with Crippen molar-refractivity contribution in [3.63, 3.8) is 0 Å². The van der Waals surface area contributed by atoms with Crippen LogP contribution in [0.1, 0.15) is 40.8 Å². The summed E-state index contributed by atoms with van der Waals surface area (Å²) >= 11 is 6.19. The van der Waals surface area contributed by atoms with Gasteiger partial charge in [0.25, 0.3) is 0 Å². The van der Waals surface area contributed by atoms with Gasteiger partial charge in [-0.15, -0.1) is 10.2 Å². The minimum Gasteiger partial charge on any atom is -0.497 e. The maximum absolute atomic E-state index is 13.2. The fraction of sp³-hybridized carbons (Fsp3) is 0.265. The third-order valence-electron chi connectivity index (χ3n) is 8.22. The molecule has 0 aliphatic carbocycles. The van der Waals surface area contributed by atoms with Gasteiger partial charge in [0.05, 0.1) is 31.5 Å². The van der Waals surface area contributed by atoms with E-state index in [1.807, 2.05) is 79.3 Å². The first-order valence-electron chi connectivity index (χ1n) is 15.3. The number of carbonyl (C=O) groups is 2. The monoisotopic (exact) mass is 669 g/mol. The molecule has 1 aliphatic heterocycles. The van der Waals surface area contributed by atoms with Crippen LogP contribution in [0.4, 0.5) is 0 Å². The summed E-state index contributed by atoms with van der Waals surface area (Å²) in [5, 5.41) is 16.9. The van der Waals surface area contributed by atoms with E-state index in [0.29, 0.717) is 41.1 Å². The van der Waals surface area contributed by atoms with Crippen molar-refractivity contribution < 1.29 is 19.1 Å². The van der Waals surface area contributed by atoms with Crippen molar-refractivity contribution in [1.82, 2.24) is 30.4 Å². The highest BCUT2D eigenvalue weighted by Crippen LogP contribution is 2.34. The lowest BCUT2D eigenvalue weighted by Crippen LogP contribution is -2.40. The van der Waals surface area contributed by atoms with E-state index >= 15 is 0 Å². The topological polar surface area (TPSA) is 147 Å². The number of amides is 2. The van der Waals surface area contributed by atoms with Crippen molar-refractivity contribution >= 4 is 53.5 Å². The maximum Gasteiger partial charge on any atom is 0.239 e.